The van der Waals surface area contributed by atoms with E-state index in [1.54, 1.807) is 0 Å². The summed E-state index contributed by atoms with van der Waals surface area (Å²) in [5, 5.41) is 4.09. The zero-order valence-electron chi connectivity index (χ0n) is 11.6. The summed E-state index contributed by atoms with van der Waals surface area (Å²) in [6, 6.07) is 0.0858. The molecule has 1 aromatic rings. The number of aryl methyl sites for hydroxylation is 1. The molecule has 1 aromatic heterocycles. The zero-order valence-corrected chi connectivity index (χ0v) is 12.4. The Bertz CT molecular complexity index is 423. The molecule has 2 aliphatic rings. The zero-order chi connectivity index (χ0) is 13.3. The fourth-order valence-corrected chi connectivity index (χ4v) is 4.41. The van der Waals surface area contributed by atoms with Crippen LogP contribution < -0.4 is 5.73 Å². The Hall–Kier alpha value is -0.520. The molecule has 1 aliphatic carbocycles. The number of nitrogens with zero attached hydrogens (tertiary/aromatic N) is 2. The lowest BCUT2D eigenvalue weighted by atomic mass is 9.74. The van der Waals surface area contributed by atoms with Crippen LogP contribution in [0.5, 0.6) is 0 Å². The SMILES string of the molecule is Cc1nnsc1C(N)C1CCOC2(CCCCC2)C1. The fourth-order valence-electron chi connectivity index (χ4n) is 3.67. The first-order valence-electron chi connectivity index (χ1n) is 7.39. The predicted molar refractivity (Wildman–Crippen MR) is 76.1 cm³/mol. The van der Waals surface area contributed by atoms with Crippen LogP contribution in [-0.2, 0) is 4.74 Å². The van der Waals surface area contributed by atoms with Gasteiger partial charge in [0.2, 0.25) is 0 Å². The molecule has 0 aromatic carbocycles. The highest BCUT2D eigenvalue weighted by Crippen LogP contribution is 2.44. The molecular formula is C14H23N3OS. The summed E-state index contributed by atoms with van der Waals surface area (Å²) in [4.78, 5) is 1.16. The summed E-state index contributed by atoms with van der Waals surface area (Å²) in [6.07, 6.45) is 8.60. The predicted octanol–water partition coefficient (Wildman–Crippen LogP) is 2.98. The second-order valence-corrected chi connectivity index (χ2v) is 6.88. The lowest BCUT2D eigenvalue weighted by Gasteiger charge is -2.44. The number of nitrogens with two attached hydrogens (primary N) is 1. The molecule has 0 radical (unpaired) electrons. The van der Waals surface area contributed by atoms with Gasteiger partial charge in [-0.1, -0.05) is 23.8 Å². The van der Waals surface area contributed by atoms with Crippen molar-refractivity contribution in [3.05, 3.63) is 10.6 Å². The monoisotopic (exact) mass is 281 g/mol. The summed E-state index contributed by atoms with van der Waals surface area (Å²) < 4.78 is 10.2. The molecule has 2 N–H and O–H groups in total. The molecule has 2 atom stereocenters. The fraction of sp³-hybridized carbons (Fsp3) is 0.857. The maximum absolute atomic E-state index is 6.48. The van der Waals surface area contributed by atoms with Crippen LogP contribution in [0.25, 0.3) is 0 Å². The molecule has 2 fully saturated rings. The van der Waals surface area contributed by atoms with E-state index in [9.17, 15) is 0 Å². The van der Waals surface area contributed by atoms with Crippen molar-refractivity contribution in [3.8, 4) is 0 Å². The number of rotatable bonds is 2. The van der Waals surface area contributed by atoms with Gasteiger partial charge in [-0.15, -0.1) is 5.10 Å². The first kappa shape index (κ1) is 13.5. The molecule has 2 unspecified atom stereocenters. The van der Waals surface area contributed by atoms with E-state index in [-0.39, 0.29) is 11.6 Å². The molecule has 2 heterocycles. The van der Waals surface area contributed by atoms with Crippen molar-refractivity contribution in [2.75, 3.05) is 6.61 Å². The smallest absolute Gasteiger partial charge is 0.0772 e. The summed E-state index contributed by atoms with van der Waals surface area (Å²) >= 11 is 1.46. The van der Waals surface area contributed by atoms with Crippen LogP contribution in [0.4, 0.5) is 0 Å². The lowest BCUT2D eigenvalue weighted by molar-refractivity contribution is -0.120. The molecular weight excluding hydrogens is 258 g/mol. The average molecular weight is 281 g/mol. The van der Waals surface area contributed by atoms with Crippen LogP contribution in [0, 0.1) is 12.8 Å². The highest BCUT2D eigenvalue weighted by atomic mass is 32.1. The van der Waals surface area contributed by atoms with Crippen molar-refractivity contribution < 1.29 is 4.74 Å². The van der Waals surface area contributed by atoms with Crippen molar-refractivity contribution in [1.29, 1.82) is 0 Å². The van der Waals surface area contributed by atoms with Crippen molar-refractivity contribution in [1.82, 2.24) is 9.59 Å². The van der Waals surface area contributed by atoms with Gasteiger partial charge < -0.3 is 10.5 Å². The second kappa shape index (κ2) is 5.46. The van der Waals surface area contributed by atoms with Crippen LogP contribution in [0.3, 0.4) is 0 Å². The third-order valence-electron chi connectivity index (χ3n) is 4.79. The lowest BCUT2D eigenvalue weighted by Crippen LogP contribution is -2.44. The van der Waals surface area contributed by atoms with Gasteiger partial charge in [0.15, 0.2) is 0 Å². The minimum atomic E-state index is 0.0858. The van der Waals surface area contributed by atoms with Crippen LogP contribution in [0.15, 0.2) is 0 Å². The topological polar surface area (TPSA) is 61.0 Å². The van der Waals surface area contributed by atoms with Crippen LogP contribution in [-0.4, -0.2) is 21.8 Å². The van der Waals surface area contributed by atoms with E-state index in [0.29, 0.717) is 5.92 Å². The second-order valence-electron chi connectivity index (χ2n) is 6.09. The quantitative estimate of drug-likeness (QED) is 0.905. The molecule has 0 bridgehead atoms. The van der Waals surface area contributed by atoms with Crippen LogP contribution in [0.1, 0.15) is 61.6 Å². The summed E-state index contributed by atoms with van der Waals surface area (Å²) in [5.74, 6) is 0.521. The highest BCUT2D eigenvalue weighted by Gasteiger charge is 2.40. The van der Waals surface area contributed by atoms with E-state index in [1.165, 1.54) is 43.6 Å². The first-order valence-corrected chi connectivity index (χ1v) is 8.16. The molecule has 19 heavy (non-hydrogen) atoms. The molecule has 1 saturated heterocycles. The van der Waals surface area contributed by atoms with Crippen LogP contribution in [0.2, 0.25) is 0 Å². The molecule has 4 nitrogen and oxygen atoms in total. The van der Waals surface area contributed by atoms with Crippen molar-refractivity contribution in [3.63, 3.8) is 0 Å². The van der Waals surface area contributed by atoms with Gasteiger partial charge in [0.05, 0.1) is 16.2 Å². The van der Waals surface area contributed by atoms with Gasteiger partial charge in [0, 0.05) is 12.6 Å². The summed E-state index contributed by atoms with van der Waals surface area (Å²) in [7, 11) is 0. The van der Waals surface area contributed by atoms with Gasteiger partial charge in [-0.2, -0.15) is 0 Å². The van der Waals surface area contributed by atoms with Gasteiger partial charge in [0.25, 0.3) is 0 Å². The van der Waals surface area contributed by atoms with Gasteiger partial charge in [-0.3, -0.25) is 0 Å². The molecule has 0 amide bonds. The number of hydrogen-bond donors (Lipinski definition) is 1. The third kappa shape index (κ3) is 2.69. The van der Waals surface area contributed by atoms with Gasteiger partial charge >= 0.3 is 0 Å². The molecule has 1 saturated carbocycles. The van der Waals surface area contributed by atoms with E-state index in [4.69, 9.17) is 10.5 Å². The maximum Gasteiger partial charge on any atom is 0.0772 e. The maximum atomic E-state index is 6.48. The minimum Gasteiger partial charge on any atom is -0.375 e. The van der Waals surface area contributed by atoms with Crippen molar-refractivity contribution in [2.24, 2.45) is 11.7 Å². The molecule has 5 heteroatoms. The van der Waals surface area contributed by atoms with E-state index >= 15 is 0 Å². The van der Waals surface area contributed by atoms with Crippen molar-refractivity contribution >= 4 is 11.5 Å². The Balaban J connectivity index is 1.72. The largest absolute Gasteiger partial charge is 0.375 e. The Morgan fingerprint density at radius 2 is 2.16 bits per heavy atom. The van der Waals surface area contributed by atoms with Gasteiger partial charge in [-0.05, 0) is 50.1 Å². The average Bonchev–Trinajstić information content (AvgIpc) is 2.85. The summed E-state index contributed by atoms with van der Waals surface area (Å²) in [5.41, 5.74) is 7.61. The summed E-state index contributed by atoms with van der Waals surface area (Å²) in [6.45, 7) is 2.87. The van der Waals surface area contributed by atoms with Crippen LogP contribution >= 0.6 is 11.5 Å². The van der Waals surface area contributed by atoms with E-state index < -0.39 is 0 Å². The molecule has 3 rings (SSSR count). The van der Waals surface area contributed by atoms with E-state index in [1.807, 2.05) is 6.92 Å². The van der Waals surface area contributed by atoms with E-state index in [0.717, 1.165) is 30.0 Å². The molecule has 106 valence electrons. The van der Waals surface area contributed by atoms with Gasteiger partial charge in [-0.25, -0.2) is 0 Å². The Kier molecular flexibility index (Phi) is 3.87. The Morgan fingerprint density at radius 3 is 2.84 bits per heavy atom. The molecule has 1 aliphatic heterocycles. The highest BCUT2D eigenvalue weighted by molar-refractivity contribution is 7.05. The standard InChI is InChI=1S/C14H23N3OS/c1-10-13(19-17-16-10)12(15)11-5-8-18-14(9-11)6-3-2-4-7-14/h11-12H,2-9,15H2,1H3. The number of hydrogen-bond acceptors (Lipinski definition) is 5. The third-order valence-corrected chi connectivity index (χ3v) is 5.72. The first-order chi connectivity index (χ1) is 9.20. The Labute approximate surface area is 118 Å². The van der Waals surface area contributed by atoms with Crippen molar-refractivity contribution in [2.45, 2.75) is 63.5 Å². The molecule has 1 spiro atoms. The normalized spacial score (nSPS) is 28.4. The number of ether oxygens (including phenoxy) is 1. The minimum absolute atomic E-state index is 0.0858. The van der Waals surface area contributed by atoms with E-state index in [2.05, 4.69) is 9.59 Å². The van der Waals surface area contributed by atoms with Gasteiger partial charge in [0.1, 0.15) is 0 Å². The Morgan fingerprint density at radius 1 is 1.37 bits per heavy atom. The number of aromatic nitrogens is 2.